The fourth-order valence-electron chi connectivity index (χ4n) is 1.14. The van der Waals surface area contributed by atoms with Crippen LogP contribution in [0.2, 0.25) is 0 Å². The summed E-state index contributed by atoms with van der Waals surface area (Å²) in [6, 6.07) is 2.82. The average Bonchev–Trinajstić information content (AvgIpc) is 2.34. The Kier molecular flexibility index (Phi) is 4.21. The number of rotatable bonds is 1. The molecule has 0 heterocycles. The number of benzene rings is 1. The monoisotopic (exact) mass is 258 g/mol. The first-order valence-corrected chi connectivity index (χ1v) is 4.73. The lowest BCUT2D eigenvalue weighted by molar-refractivity contribution is -0.137. The molecular formula is C12H9F3O3. The van der Waals surface area contributed by atoms with E-state index in [4.69, 9.17) is 4.74 Å². The van der Waals surface area contributed by atoms with Crippen LogP contribution in [0.15, 0.2) is 18.2 Å². The Hall–Kier alpha value is -2.16. The summed E-state index contributed by atoms with van der Waals surface area (Å²) in [4.78, 5) is 10.8. The molecule has 1 rings (SSSR count). The second-order valence-electron chi connectivity index (χ2n) is 3.15. The first-order chi connectivity index (χ1) is 8.38. The largest absolute Gasteiger partial charge is 0.495 e. The molecule has 0 bridgehead atoms. The van der Waals surface area contributed by atoms with Crippen molar-refractivity contribution in [1.82, 2.24) is 0 Å². The Bertz CT molecular complexity index is 510. The zero-order chi connectivity index (χ0) is 13.8. The van der Waals surface area contributed by atoms with Gasteiger partial charge in [0, 0.05) is 5.92 Å². The normalized spacial score (nSPS) is 10.3. The van der Waals surface area contributed by atoms with Crippen LogP contribution in [0, 0.1) is 11.8 Å². The molecule has 0 aromatic heterocycles. The summed E-state index contributed by atoms with van der Waals surface area (Å²) in [5.41, 5.74) is -0.668. The lowest BCUT2D eigenvalue weighted by atomic mass is 10.1. The maximum absolute atomic E-state index is 12.4. The highest BCUT2D eigenvalue weighted by molar-refractivity contribution is 5.89. The Morgan fingerprint density at radius 2 is 1.94 bits per heavy atom. The van der Waals surface area contributed by atoms with Crippen LogP contribution in [-0.2, 0) is 15.7 Å². The Labute approximate surface area is 102 Å². The molecule has 6 heteroatoms. The first-order valence-electron chi connectivity index (χ1n) is 4.73. The molecule has 0 saturated heterocycles. The molecule has 0 N–H and O–H groups in total. The fourth-order valence-corrected chi connectivity index (χ4v) is 1.14. The molecule has 0 radical (unpaired) electrons. The maximum atomic E-state index is 12.4. The minimum atomic E-state index is -4.46. The number of halogens is 3. The predicted molar refractivity (Wildman–Crippen MR) is 56.9 cm³/mol. The molecule has 1 aromatic rings. The lowest BCUT2D eigenvalue weighted by Crippen LogP contribution is -2.05. The molecule has 3 nitrogen and oxygen atoms in total. The Morgan fingerprint density at radius 3 is 2.44 bits per heavy atom. The zero-order valence-electron chi connectivity index (χ0n) is 9.59. The molecule has 0 aliphatic carbocycles. The summed E-state index contributed by atoms with van der Waals surface area (Å²) in [6.07, 6.45) is -4.46. The van der Waals surface area contributed by atoms with Gasteiger partial charge in [-0.05, 0) is 18.2 Å². The standard InChI is InChI=1S/C12H9F3O3/c1-17-10-7-9(12(13,14)15)5-3-8(10)4-6-11(16)18-2/h3,5,7H,1-2H3. The highest BCUT2D eigenvalue weighted by atomic mass is 19.4. The molecule has 1 aromatic carbocycles. The number of carbonyl (C=O) groups excluding carboxylic acids is 1. The average molecular weight is 258 g/mol. The van der Waals surface area contributed by atoms with Crippen LogP contribution in [-0.4, -0.2) is 20.2 Å². The van der Waals surface area contributed by atoms with E-state index in [1.807, 2.05) is 0 Å². The third-order valence-corrected chi connectivity index (χ3v) is 2.01. The fraction of sp³-hybridized carbons (Fsp3) is 0.250. The predicted octanol–water partition coefficient (Wildman–Crippen LogP) is 2.24. The van der Waals surface area contributed by atoms with E-state index in [-0.39, 0.29) is 11.3 Å². The number of methoxy groups -OCH3 is 2. The molecule has 0 amide bonds. The van der Waals surface area contributed by atoms with E-state index in [2.05, 4.69) is 16.6 Å². The van der Waals surface area contributed by atoms with Gasteiger partial charge in [0.15, 0.2) is 0 Å². The molecule has 0 spiro atoms. The van der Waals surface area contributed by atoms with Gasteiger partial charge < -0.3 is 9.47 Å². The van der Waals surface area contributed by atoms with Crippen LogP contribution >= 0.6 is 0 Å². The van der Waals surface area contributed by atoms with Crippen LogP contribution in [0.4, 0.5) is 13.2 Å². The van der Waals surface area contributed by atoms with Crippen molar-refractivity contribution in [3.05, 3.63) is 29.3 Å². The summed E-state index contributed by atoms with van der Waals surface area (Å²) in [7, 11) is 2.37. The van der Waals surface area contributed by atoms with Crippen molar-refractivity contribution < 1.29 is 27.4 Å². The Morgan fingerprint density at radius 1 is 1.28 bits per heavy atom. The van der Waals surface area contributed by atoms with E-state index in [9.17, 15) is 18.0 Å². The van der Waals surface area contributed by atoms with Gasteiger partial charge in [0.2, 0.25) is 0 Å². The van der Waals surface area contributed by atoms with E-state index in [1.54, 1.807) is 0 Å². The molecule has 96 valence electrons. The summed E-state index contributed by atoms with van der Waals surface area (Å²) >= 11 is 0. The number of esters is 1. The van der Waals surface area contributed by atoms with Gasteiger partial charge in [-0.1, -0.05) is 5.92 Å². The van der Waals surface area contributed by atoms with Gasteiger partial charge in [-0.25, -0.2) is 4.79 Å². The van der Waals surface area contributed by atoms with Gasteiger partial charge in [0.25, 0.3) is 0 Å². The molecule has 0 atom stereocenters. The SMILES string of the molecule is COC(=O)C#Cc1ccc(C(F)(F)F)cc1OC. The van der Waals surface area contributed by atoms with Gasteiger partial charge >= 0.3 is 12.1 Å². The Balaban J connectivity index is 3.15. The van der Waals surface area contributed by atoms with Crippen molar-refractivity contribution in [2.45, 2.75) is 6.18 Å². The summed E-state index contributed by atoms with van der Waals surface area (Å²) in [5, 5.41) is 0. The maximum Gasteiger partial charge on any atom is 0.416 e. The van der Waals surface area contributed by atoms with Crippen LogP contribution in [0.1, 0.15) is 11.1 Å². The molecule has 0 fully saturated rings. The van der Waals surface area contributed by atoms with E-state index in [1.165, 1.54) is 7.11 Å². The van der Waals surface area contributed by atoms with Gasteiger partial charge in [-0.15, -0.1) is 0 Å². The van der Waals surface area contributed by atoms with Gasteiger partial charge in [0.1, 0.15) is 5.75 Å². The molecule has 0 aliphatic heterocycles. The first kappa shape index (κ1) is 13.9. The quantitative estimate of drug-likeness (QED) is 0.572. The smallest absolute Gasteiger partial charge is 0.416 e. The summed E-state index contributed by atoms with van der Waals surface area (Å²) in [5.74, 6) is 3.65. The van der Waals surface area contributed by atoms with E-state index < -0.39 is 17.7 Å². The number of hydrogen-bond acceptors (Lipinski definition) is 3. The van der Waals surface area contributed by atoms with Crippen LogP contribution in [0.3, 0.4) is 0 Å². The minimum absolute atomic E-state index is 0.0544. The van der Waals surface area contributed by atoms with Gasteiger partial charge in [0.05, 0.1) is 25.3 Å². The third-order valence-electron chi connectivity index (χ3n) is 2.01. The van der Waals surface area contributed by atoms with Gasteiger partial charge in [-0.3, -0.25) is 0 Å². The summed E-state index contributed by atoms with van der Waals surface area (Å²) < 4.78 is 46.4. The van der Waals surface area contributed by atoms with Crippen molar-refractivity contribution in [2.24, 2.45) is 0 Å². The van der Waals surface area contributed by atoms with E-state index >= 15 is 0 Å². The van der Waals surface area contributed by atoms with Crippen molar-refractivity contribution in [3.63, 3.8) is 0 Å². The number of hydrogen-bond donors (Lipinski definition) is 0. The number of carbonyl (C=O) groups is 1. The second-order valence-corrected chi connectivity index (χ2v) is 3.15. The van der Waals surface area contributed by atoms with Crippen molar-refractivity contribution in [2.75, 3.05) is 14.2 Å². The lowest BCUT2D eigenvalue weighted by Gasteiger charge is -2.09. The highest BCUT2D eigenvalue weighted by Gasteiger charge is 2.31. The van der Waals surface area contributed by atoms with Crippen LogP contribution in [0.25, 0.3) is 0 Å². The topological polar surface area (TPSA) is 35.5 Å². The molecule has 0 aliphatic rings. The third kappa shape index (κ3) is 3.42. The molecule has 18 heavy (non-hydrogen) atoms. The molecular weight excluding hydrogens is 249 g/mol. The van der Waals surface area contributed by atoms with E-state index in [0.717, 1.165) is 25.3 Å². The zero-order valence-corrected chi connectivity index (χ0v) is 9.59. The molecule has 0 unspecified atom stereocenters. The van der Waals surface area contributed by atoms with Crippen LogP contribution < -0.4 is 4.74 Å². The van der Waals surface area contributed by atoms with Crippen molar-refractivity contribution in [1.29, 1.82) is 0 Å². The molecule has 0 saturated carbocycles. The summed E-state index contributed by atoms with van der Waals surface area (Å²) in [6.45, 7) is 0. The van der Waals surface area contributed by atoms with Crippen LogP contribution in [0.5, 0.6) is 5.75 Å². The van der Waals surface area contributed by atoms with Crippen molar-refractivity contribution in [3.8, 4) is 17.6 Å². The number of ether oxygens (including phenoxy) is 2. The highest BCUT2D eigenvalue weighted by Crippen LogP contribution is 2.32. The van der Waals surface area contributed by atoms with Crippen molar-refractivity contribution >= 4 is 5.97 Å². The number of alkyl halides is 3. The van der Waals surface area contributed by atoms with E-state index in [0.29, 0.717) is 0 Å². The second kappa shape index (κ2) is 5.45. The van der Waals surface area contributed by atoms with Gasteiger partial charge in [-0.2, -0.15) is 13.2 Å². The minimum Gasteiger partial charge on any atom is -0.495 e.